The van der Waals surface area contributed by atoms with Gasteiger partial charge >= 0.3 is 0 Å². The SMILES string of the molecule is CCOc1cncc(-c2cnc(C(=O)N[C@@H](c3cc(NS(=O)(=O)C4CCCC4)ccn3)[C@H]3CCOC3)s2)n1. The maximum absolute atomic E-state index is 13.3. The summed E-state index contributed by atoms with van der Waals surface area (Å²) >= 11 is 1.20. The van der Waals surface area contributed by atoms with Gasteiger partial charge in [0.05, 0.1) is 53.2 Å². The van der Waals surface area contributed by atoms with Gasteiger partial charge in [-0.3, -0.25) is 19.5 Å². The van der Waals surface area contributed by atoms with E-state index in [-0.39, 0.29) is 22.1 Å². The Kier molecular flexibility index (Phi) is 8.15. The minimum Gasteiger partial charge on any atom is -0.477 e. The van der Waals surface area contributed by atoms with Gasteiger partial charge in [0, 0.05) is 24.9 Å². The highest BCUT2D eigenvalue weighted by Crippen LogP contribution is 2.32. The molecular formula is C25H30N6O5S2. The lowest BCUT2D eigenvalue weighted by Gasteiger charge is -2.23. The molecule has 1 aliphatic carbocycles. The lowest BCUT2D eigenvalue weighted by Crippen LogP contribution is -2.34. The van der Waals surface area contributed by atoms with Crippen LogP contribution in [-0.2, 0) is 14.8 Å². The molecule has 0 unspecified atom stereocenters. The molecular weight excluding hydrogens is 528 g/mol. The number of thiazole rings is 1. The van der Waals surface area contributed by atoms with E-state index >= 15 is 0 Å². The summed E-state index contributed by atoms with van der Waals surface area (Å²) < 4.78 is 39.4. The first-order valence-electron chi connectivity index (χ1n) is 12.7. The monoisotopic (exact) mass is 558 g/mol. The van der Waals surface area contributed by atoms with Crippen LogP contribution in [0.15, 0.2) is 36.9 Å². The molecule has 4 heterocycles. The fourth-order valence-corrected chi connectivity index (χ4v) is 7.11. The number of nitrogens with one attached hydrogen (secondary N) is 2. The summed E-state index contributed by atoms with van der Waals surface area (Å²) in [6, 6.07) is 2.84. The van der Waals surface area contributed by atoms with Crippen molar-refractivity contribution in [1.82, 2.24) is 25.3 Å². The lowest BCUT2D eigenvalue weighted by atomic mass is 9.95. The molecule has 1 saturated carbocycles. The van der Waals surface area contributed by atoms with Gasteiger partial charge in [0.25, 0.3) is 5.91 Å². The molecule has 1 saturated heterocycles. The molecule has 0 aromatic carbocycles. The quantitative estimate of drug-likeness (QED) is 0.381. The summed E-state index contributed by atoms with van der Waals surface area (Å²) in [5, 5.41) is 2.95. The molecule has 13 heteroatoms. The van der Waals surface area contributed by atoms with Gasteiger partial charge in [-0.2, -0.15) is 0 Å². The first-order valence-corrected chi connectivity index (χ1v) is 15.1. The van der Waals surface area contributed by atoms with Crippen molar-refractivity contribution in [3.63, 3.8) is 0 Å². The van der Waals surface area contributed by atoms with E-state index in [1.807, 2.05) is 6.92 Å². The topological polar surface area (TPSA) is 145 Å². The molecule has 2 N–H and O–H groups in total. The van der Waals surface area contributed by atoms with Gasteiger partial charge < -0.3 is 14.8 Å². The number of sulfonamides is 1. The third-order valence-electron chi connectivity index (χ3n) is 6.68. The Morgan fingerprint density at radius 1 is 1.21 bits per heavy atom. The fourth-order valence-electron chi connectivity index (χ4n) is 4.76. The number of carbonyl (C=O) groups excluding carboxylic acids is 1. The number of anilines is 1. The second-order valence-corrected chi connectivity index (χ2v) is 12.3. The minimum atomic E-state index is -3.49. The summed E-state index contributed by atoms with van der Waals surface area (Å²) in [4.78, 5) is 31.3. The molecule has 11 nitrogen and oxygen atoms in total. The van der Waals surface area contributed by atoms with Gasteiger partial charge in [-0.05, 0) is 38.3 Å². The van der Waals surface area contributed by atoms with Crippen LogP contribution in [0.4, 0.5) is 5.69 Å². The fraction of sp³-hybridized carbons (Fsp3) is 0.480. The smallest absolute Gasteiger partial charge is 0.280 e. The van der Waals surface area contributed by atoms with Crippen LogP contribution in [0.5, 0.6) is 5.88 Å². The predicted molar refractivity (Wildman–Crippen MR) is 142 cm³/mol. The van der Waals surface area contributed by atoms with Crippen LogP contribution < -0.4 is 14.8 Å². The van der Waals surface area contributed by atoms with Crippen molar-refractivity contribution >= 4 is 33.0 Å². The summed E-state index contributed by atoms with van der Waals surface area (Å²) in [6.07, 6.45) is 10.2. The number of pyridine rings is 1. The average molecular weight is 559 g/mol. The Hall–Kier alpha value is -3.16. The van der Waals surface area contributed by atoms with Gasteiger partial charge in [0.1, 0.15) is 5.69 Å². The Morgan fingerprint density at radius 3 is 2.82 bits per heavy atom. The first-order chi connectivity index (χ1) is 18.4. The van der Waals surface area contributed by atoms with E-state index in [0.29, 0.717) is 60.5 Å². The highest BCUT2D eigenvalue weighted by molar-refractivity contribution is 7.93. The molecule has 0 bridgehead atoms. The molecule has 2 atom stereocenters. The first kappa shape index (κ1) is 26.4. The normalized spacial score (nSPS) is 18.8. The number of carbonyl (C=O) groups is 1. The molecule has 2 aliphatic rings. The van der Waals surface area contributed by atoms with Crippen molar-refractivity contribution < 1.29 is 22.7 Å². The third-order valence-corrected chi connectivity index (χ3v) is 9.57. The lowest BCUT2D eigenvalue weighted by molar-refractivity contribution is 0.0914. The summed E-state index contributed by atoms with van der Waals surface area (Å²) in [5.74, 6) is 0.0346. The molecule has 3 aromatic heterocycles. The van der Waals surface area contributed by atoms with E-state index in [2.05, 4.69) is 30.0 Å². The second kappa shape index (κ2) is 11.7. The Balaban J connectivity index is 1.35. The standard InChI is InChI=1S/C25H30N6O5S2/c1-2-36-22-14-26-12-20(29-22)21-13-28-25(37-21)24(32)30-23(16-8-10-35-15-16)19-11-17(7-9-27-19)31-38(33,34)18-5-3-4-6-18/h7,9,11-14,16,18,23H,2-6,8,10,15H2,1H3,(H,27,31)(H,30,32)/t16-,23+/m0/s1. The van der Waals surface area contributed by atoms with Gasteiger partial charge in [-0.25, -0.2) is 18.4 Å². The molecule has 202 valence electrons. The summed E-state index contributed by atoms with van der Waals surface area (Å²) in [6.45, 7) is 3.39. The molecule has 1 aliphatic heterocycles. The van der Waals surface area contributed by atoms with Crippen molar-refractivity contribution in [3.05, 3.63) is 47.6 Å². The largest absolute Gasteiger partial charge is 0.477 e. The maximum Gasteiger partial charge on any atom is 0.280 e. The number of amides is 1. The van der Waals surface area contributed by atoms with Crippen molar-refractivity contribution in [3.8, 4) is 16.5 Å². The second-order valence-electron chi connectivity index (χ2n) is 9.30. The van der Waals surface area contributed by atoms with Crippen molar-refractivity contribution in [2.24, 2.45) is 5.92 Å². The molecule has 0 radical (unpaired) electrons. The van der Waals surface area contributed by atoms with E-state index in [1.165, 1.54) is 17.5 Å². The minimum absolute atomic E-state index is 0.0127. The van der Waals surface area contributed by atoms with E-state index < -0.39 is 16.1 Å². The van der Waals surface area contributed by atoms with Crippen molar-refractivity contribution in [2.75, 3.05) is 24.5 Å². The number of hydrogen-bond donors (Lipinski definition) is 2. The zero-order valence-electron chi connectivity index (χ0n) is 21.0. The zero-order chi connectivity index (χ0) is 26.5. The van der Waals surface area contributed by atoms with Crippen LogP contribution >= 0.6 is 11.3 Å². The number of rotatable bonds is 10. The number of nitrogens with zero attached hydrogens (tertiary/aromatic N) is 4. The molecule has 3 aromatic rings. The van der Waals surface area contributed by atoms with Crippen LogP contribution in [0.1, 0.15) is 60.6 Å². The Bertz CT molecular complexity index is 1370. The average Bonchev–Trinajstić information content (AvgIpc) is 3.70. The Morgan fingerprint density at radius 2 is 2.05 bits per heavy atom. The third kappa shape index (κ3) is 6.11. The van der Waals surface area contributed by atoms with Crippen molar-refractivity contribution in [1.29, 1.82) is 0 Å². The maximum atomic E-state index is 13.3. The van der Waals surface area contributed by atoms with Crippen LogP contribution in [0.2, 0.25) is 0 Å². The van der Waals surface area contributed by atoms with Crippen LogP contribution in [0, 0.1) is 5.92 Å². The van der Waals surface area contributed by atoms with Crippen LogP contribution in [0.25, 0.3) is 10.6 Å². The van der Waals surface area contributed by atoms with E-state index in [1.54, 1.807) is 30.7 Å². The van der Waals surface area contributed by atoms with Crippen molar-refractivity contribution in [2.45, 2.75) is 50.3 Å². The highest BCUT2D eigenvalue weighted by atomic mass is 32.2. The zero-order valence-corrected chi connectivity index (χ0v) is 22.6. The number of ether oxygens (including phenoxy) is 2. The molecule has 2 fully saturated rings. The van der Waals surface area contributed by atoms with E-state index in [0.717, 1.165) is 19.3 Å². The molecule has 0 spiro atoms. The van der Waals surface area contributed by atoms with E-state index in [9.17, 15) is 13.2 Å². The predicted octanol–water partition coefficient (Wildman–Crippen LogP) is 3.59. The van der Waals surface area contributed by atoms with Gasteiger partial charge in [0.15, 0.2) is 5.01 Å². The van der Waals surface area contributed by atoms with Gasteiger partial charge in [-0.15, -0.1) is 11.3 Å². The molecule has 1 amide bonds. The van der Waals surface area contributed by atoms with Crippen LogP contribution in [-0.4, -0.2) is 59.3 Å². The number of aromatic nitrogens is 4. The van der Waals surface area contributed by atoms with Gasteiger partial charge in [0.2, 0.25) is 15.9 Å². The summed E-state index contributed by atoms with van der Waals surface area (Å²) in [7, 11) is -3.49. The summed E-state index contributed by atoms with van der Waals surface area (Å²) in [5.41, 5.74) is 1.56. The van der Waals surface area contributed by atoms with E-state index in [4.69, 9.17) is 9.47 Å². The Labute approximate surface area is 225 Å². The highest BCUT2D eigenvalue weighted by Gasteiger charge is 2.32. The van der Waals surface area contributed by atoms with Crippen LogP contribution in [0.3, 0.4) is 0 Å². The van der Waals surface area contributed by atoms with Gasteiger partial charge in [-0.1, -0.05) is 12.8 Å². The molecule has 38 heavy (non-hydrogen) atoms. The molecule has 5 rings (SSSR count). The number of hydrogen-bond acceptors (Lipinski definition) is 10.